The molecule has 0 saturated carbocycles. The Balaban J connectivity index is 2.63. The van der Waals surface area contributed by atoms with Gasteiger partial charge in [-0.2, -0.15) is 0 Å². The summed E-state index contributed by atoms with van der Waals surface area (Å²) in [5, 5.41) is 11.9. The monoisotopic (exact) mass is 224 g/mol. The van der Waals surface area contributed by atoms with Gasteiger partial charge >= 0.3 is 5.97 Å². The van der Waals surface area contributed by atoms with Crippen molar-refractivity contribution in [2.24, 2.45) is 0 Å². The van der Waals surface area contributed by atoms with Crippen LogP contribution in [0.15, 0.2) is 18.3 Å². The Labute approximate surface area is 94.5 Å². The van der Waals surface area contributed by atoms with Crippen molar-refractivity contribution >= 4 is 11.7 Å². The number of methoxy groups -OCH3 is 1. The quantitative estimate of drug-likeness (QED) is 0.768. The van der Waals surface area contributed by atoms with Crippen LogP contribution in [0.1, 0.15) is 23.8 Å². The highest BCUT2D eigenvalue weighted by atomic mass is 16.5. The number of nitrogens with one attached hydrogen (secondary N) is 1. The van der Waals surface area contributed by atoms with Crippen molar-refractivity contribution in [1.82, 2.24) is 4.98 Å². The second-order valence-corrected chi connectivity index (χ2v) is 3.44. The molecule has 0 amide bonds. The van der Waals surface area contributed by atoms with Crippen molar-refractivity contribution in [3.63, 3.8) is 0 Å². The van der Waals surface area contributed by atoms with Gasteiger partial charge in [-0.3, -0.25) is 0 Å². The number of rotatable bonds is 6. The third kappa shape index (κ3) is 3.51. The highest BCUT2D eigenvalue weighted by Gasteiger charge is 2.07. The molecule has 5 nitrogen and oxygen atoms in total. The molecule has 0 radical (unpaired) electrons. The molecule has 1 heterocycles. The zero-order chi connectivity index (χ0) is 12.0. The zero-order valence-electron chi connectivity index (χ0n) is 9.43. The Morgan fingerprint density at radius 1 is 1.62 bits per heavy atom. The van der Waals surface area contributed by atoms with E-state index in [-0.39, 0.29) is 11.7 Å². The molecule has 0 fully saturated rings. The Bertz CT molecular complexity index is 338. The lowest BCUT2D eigenvalue weighted by atomic mass is 10.2. The average Bonchev–Trinajstić information content (AvgIpc) is 2.29. The number of hydrogen-bond donors (Lipinski definition) is 2. The van der Waals surface area contributed by atoms with E-state index in [1.807, 2.05) is 0 Å². The molecule has 0 spiro atoms. The number of hydrogen-bond acceptors (Lipinski definition) is 4. The van der Waals surface area contributed by atoms with Crippen molar-refractivity contribution in [3.05, 3.63) is 24.0 Å². The van der Waals surface area contributed by atoms with Gasteiger partial charge in [-0.1, -0.05) is 6.92 Å². The Kier molecular flexibility index (Phi) is 4.72. The number of nitrogens with zero attached hydrogens (tertiary/aromatic N) is 1. The average molecular weight is 224 g/mol. The lowest BCUT2D eigenvalue weighted by Gasteiger charge is -2.16. The summed E-state index contributed by atoms with van der Waals surface area (Å²) < 4.78 is 5.05. The molecule has 1 aromatic rings. The molecular formula is C11H16N2O3. The van der Waals surface area contributed by atoms with Gasteiger partial charge in [0.05, 0.1) is 18.5 Å². The summed E-state index contributed by atoms with van der Waals surface area (Å²) in [6.07, 6.45) is 2.44. The Morgan fingerprint density at radius 2 is 2.38 bits per heavy atom. The fourth-order valence-corrected chi connectivity index (χ4v) is 1.30. The van der Waals surface area contributed by atoms with Crippen LogP contribution in [0, 0.1) is 0 Å². The highest BCUT2D eigenvalue weighted by molar-refractivity contribution is 5.85. The maximum absolute atomic E-state index is 10.6. The van der Waals surface area contributed by atoms with Crippen molar-refractivity contribution < 1.29 is 14.6 Å². The number of anilines is 1. The smallest absolute Gasteiger partial charge is 0.354 e. The molecule has 0 bridgehead atoms. The number of pyridine rings is 1. The third-order valence-electron chi connectivity index (χ3n) is 2.21. The first kappa shape index (κ1) is 12.4. The van der Waals surface area contributed by atoms with Crippen LogP contribution in [0.25, 0.3) is 0 Å². The molecule has 1 rings (SSSR count). The maximum Gasteiger partial charge on any atom is 0.354 e. The summed E-state index contributed by atoms with van der Waals surface area (Å²) in [5.41, 5.74) is 0.847. The topological polar surface area (TPSA) is 71.5 Å². The van der Waals surface area contributed by atoms with Crippen molar-refractivity contribution in [1.29, 1.82) is 0 Å². The summed E-state index contributed by atoms with van der Waals surface area (Å²) in [7, 11) is 1.65. The van der Waals surface area contributed by atoms with Crippen LogP contribution in [0.4, 0.5) is 5.69 Å². The van der Waals surface area contributed by atoms with Gasteiger partial charge in [-0.25, -0.2) is 9.78 Å². The van der Waals surface area contributed by atoms with E-state index >= 15 is 0 Å². The van der Waals surface area contributed by atoms with E-state index in [1.165, 1.54) is 12.3 Å². The highest BCUT2D eigenvalue weighted by Crippen LogP contribution is 2.09. The predicted octanol–water partition coefficient (Wildman–Crippen LogP) is 1.62. The van der Waals surface area contributed by atoms with Gasteiger partial charge in [-0.05, 0) is 18.6 Å². The molecule has 1 unspecified atom stereocenters. The van der Waals surface area contributed by atoms with Gasteiger partial charge in [0.2, 0.25) is 0 Å². The van der Waals surface area contributed by atoms with Crippen molar-refractivity contribution in [2.45, 2.75) is 19.4 Å². The zero-order valence-corrected chi connectivity index (χ0v) is 9.43. The van der Waals surface area contributed by atoms with Crippen LogP contribution in [0.3, 0.4) is 0 Å². The molecule has 0 aromatic carbocycles. The van der Waals surface area contributed by atoms with Gasteiger partial charge in [0.25, 0.3) is 0 Å². The summed E-state index contributed by atoms with van der Waals surface area (Å²) >= 11 is 0. The normalized spacial score (nSPS) is 12.1. The van der Waals surface area contributed by atoms with Crippen molar-refractivity contribution in [3.8, 4) is 0 Å². The fraction of sp³-hybridized carbons (Fsp3) is 0.455. The lowest BCUT2D eigenvalue weighted by molar-refractivity contribution is 0.0690. The summed E-state index contributed by atoms with van der Waals surface area (Å²) in [6.45, 7) is 2.66. The van der Waals surface area contributed by atoms with Gasteiger partial charge < -0.3 is 15.2 Å². The number of aromatic carboxylic acids is 1. The molecular weight excluding hydrogens is 208 g/mol. The van der Waals surface area contributed by atoms with E-state index < -0.39 is 5.97 Å². The first-order valence-corrected chi connectivity index (χ1v) is 5.12. The van der Waals surface area contributed by atoms with E-state index in [9.17, 15) is 4.79 Å². The molecule has 1 atom stereocenters. The van der Waals surface area contributed by atoms with Crippen LogP contribution < -0.4 is 5.32 Å². The number of carbonyl (C=O) groups is 1. The molecule has 1 aromatic heterocycles. The number of carboxylic acids is 1. The van der Waals surface area contributed by atoms with Crippen LogP contribution >= 0.6 is 0 Å². The molecule has 0 aliphatic rings. The molecule has 88 valence electrons. The standard InChI is InChI=1S/C11H16N2O3/c1-3-8(7-16-2)13-9-4-5-10(11(14)15)12-6-9/h4-6,8,13H,3,7H2,1-2H3,(H,14,15). The van der Waals surface area contributed by atoms with Gasteiger partial charge in [-0.15, -0.1) is 0 Å². The Morgan fingerprint density at radius 3 is 2.81 bits per heavy atom. The van der Waals surface area contributed by atoms with E-state index in [1.54, 1.807) is 13.2 Å². The van der Waals surface area contributed by atoms with Gasteiger partial charge in [0, 0.05) is 13.2 Å². The second-order valence-electron chi connectivity index (χ2n) is 3.44. The number of carboxylic acid groups (broad SMARTS) is 1. The van der Waals surface area contributed by atoms with Crippen LogP contribution in [-0.2, 0) is 4.74 Å². The summed E-state index contributed by atoms with van der Waals surface area (Å²) in [5.74, 6) is -1.02. The molecule has 0 aliphatic carbocycles. The Hall–Kier alpha value is -1.62. The minimum atomic E-state index is -1.02. The molecule has 2 N–H and O–H groups in total. The number of ether oxygens (including phenoxy) is 1. The molecule has 5 heteroatoms. The summed E-state index contributed by atoms with van der Waals surface area (Å²) in [6, 6.07) is 3.39. The first-order valence-electron chi connectivity index (χ1n) is 5.12. The SMILES string of the molecule is CCC(COC)Nc1ccc(C(=O)O)nc1. The largest absolute Gasteiger partial charge is 0.477 e. The van der Waals surface area contributed by atoms with Gasteiger partial charge in [0.1, 0.15) is 5.69 Å². The van der Waals surface area contributed by atoms with E-state index in [4.69, 9.17) is 9.84 Å². The van der Waals surface area contributed by atoms with E-state index in [2.05, 4.69) is 17.2 Å². The minimum Gasteiger partial charge on any atom is -0.477 e. The van der Waals surface area contributed by atoms with Crippen molar-refractivity contribution in [2.75, 3.05) is 19.0 Å². The van der Waals surface area contributed by atoms with Crippen LogP contribution in [0.5, 0.6) is 0 Å². The molecule has 0 saturated heterocycles. The van der Waals surface area contributed by atoms with Crippen LogP contribution in [0.2, 0.25) is 0 Å². The maximum atomic E-state index is 10.6. The van der Waals surface area contributed by atoms with E-state index in [0.717, 1.165) is 12.1 Å². The van der Waals surface area contributed by atoms with Gasteiger partial charge in [0.15, 0.2) is 0 Å². The second kappa shape index (κ2) is 6.07. The van der Waals surface area contributed by atoms with Crippen LogP contribution in [-0.4, -0.2) is 35.8 Å². The number of aromatic nitrogens is 1. The first-order chi connectivity index (χ1) is 7.67. The fourth-order valence-electron chi connectivity index (χ4n) is 1.30. The molecule has 16 heavy (non-hydrogen) atoms. The molecule has 0 aliphatic heterocycles. The third-order valence-corrected chi connectivity index (χ3v) is 2.21. The van der Waals surface area contributed by atoms with E-state index in [0.29, 0.717) is 6.61 Å². The minimum absolute atomic E-state index is 0.0466. The predicted molar refractivity (Wildman–Crippen MR) is 60.8 cm³/mol. The summed E-state index contributed by atoms with van der Waals surface area (Å²) in [4.78, 5) is 14.4. The lowest BCUT2D eigenvalue weighted by Crippen LogP contribution is -2.23.